The molecule has 0 aliphatic carbocycles. The maximum atomic E-state index is 10.7. The fourth-order valence-electron chi connectivity index (χ4n) is 2.00. The van der Waals surface area contributed by atoms with Crippen LogP contribution in [0.4, 0.5) is 11.4 Å². The van der Waals surface area contributed by atoms with Crippen molar-refractivity contribution in [1.29, 1.82) is 5.26 Å². The Hall–Kier alpha value is -3.07. The minimum atomic E-state index is -1.15. The summed E-state index contributed by atoms with van der Waals surface area (Å²) >= 11 is 0. The van der Waals surface area contributed by atoms with Gasteiger partial charge in [0.05, 0.1) is 16.7 Å². The van der Waals surface area contributed by atoms with Crippen LogP contribution in [0.25, 0.3) is 0 Å². The maximum absolute atomic E-state index is 10.7. The first-order valence-corrected chi connectivity index (χ1v) is 6.75. The Morgan fingerprint density at radius 1 is 1.18 bits per heavy atom. The van der Waals surface area contributed by atoms with E-state index in [1.807, 2.05) is 25.1 Å². The van der Waals surface area contributed by atoms with E-state index in [9.17, 15) is 15.4 Å². The number of nitro benzene ring substituents is 1. The van der Waals surface area contributed by atoms with E-state index in [4.69, 9.17) is 0 Å². The van der Waals surface area contributed by atoms with E-state index in [-0.39, 0.29) is 5.69 Å². The SMILES string of the molecule is CCC(C#N)(N=Nc1ccccc1)c1ccc([N+](=O)[O-])cc1. The van der Waals surface area contributed by atoms with Crippen LogP contribution in [0, 0.1) is 21.4 Å². The Balaban J connectivity index is 2.38. The summed E-state index contributed by atoms with van der Waals surface area (Å²) in [6.07, 6.45) is 0.414. The summed E-state index contributed by atoms with van der Waals surface area (Å²) in [7, 11) is 0. The number of nitrogens with zero attached hydrogens (tertiary/aromatic N) is 4. The molecule has 2 rings (SSSR count). The molecule has 0 aliphatic rings. The first kappa shape index (κ1) is 15.3. The summed E-state index contributed by atoms with van der Waals surface area (Å²) in [4.78, 5) is 10.2. The predicted octanol–water partition coefficient (Wildman–Crippen LogP) is 4.51. The van der Waals surface area contributed by atoms with Gasteiger partial charge in [0.1, 0.15) is 0 Å². The molecular formula is C16H14N4O2. The van der Waals surface area contributed by atoms with Crippen LogP contribution in [0.15, 0.2) is 64.8 Å². The topological polar surface area (TPSA) is 91.7 Å². The van der Waals surface area contributed by atoms with Crippen molar-refractivity contribution in [2.45, 2.75) is 18.9 Å². The molecule has 22 heavy (non-hydrogen) atoms. The van der Waals surface area contributed by atoms with Crippen molar-refractivity contribution < 1.29 is 4.92 Å². The highest BCUT2D eigenvalue weighted by Gasteiger charge is 2.31. The van der Waals surface area contributed by atoms with Gasteiger partial charge in [-0.1, -0.05) is 25.1 Å². The van der Waals surface area contributed by atoms with Crippen molar-refractivity contribution in [1.82, 2.24) is 0 Å². The summed E-state index contributed by atoms with van der Waals surface area (Å²) in [5.74, 6) is 0. The molecule has 0 saturated heterocycles. The lowest BCUT2D eigenvalue weighted by Crippen LogP contribution is -2.19. The van der Waals surface area contributed by atoms with Crippen molar-refractivity contribution in [3.05, 3.63) is 70.3 Å². The highest BCUT2D eigenvalue weighted by molar-refractivity contribution is 5.40. The molecule has 2 aromatic rings. The van der Waals surface area contributed by atoms with E-state index in [1.54, 1.807) is 24.3 Å². The highest BCUT2D eigenvalue weighted by atomic mass is 16.6. The minimum absolute atomic E-state index is 0.0216. The van der Waals surface area contributed by atoms with Gasteiger partial charge in [-0.2, -0.15) is 15.5 Å². The molecule has 0 N–H and O–H groups in total. The molecule has 110 valence electrons. The standard InChI is InChI=1S/C16H14N4O2/c1-2-16(12-17,19-18-14-6-4-3-5-7-14)13-8-10-15(11-9-13)20(21)22/h3-11H,2H2,1H3. The molecule has 0 spiro atoms. The second kappa shape index (κ2) is 6.59. The van der Waals surface area contributed by atoms with Crippen molar-refractivity contribution in [3.63, 3.8) is 0 Å². The fraction of sp³-hybridized carbons (Fsp3) is 0.188. The fourth-order valence-corrected chi connectivity index (χ4v) is 2.00. The summed E-state index contributed by atoms with van der Waals surface area (Å²) < 4.78 is 0. The average molecular weight is 294 g/mol. The van der Waals surface area contributed by atoms with Crippen LogP contribution < -0.4 is 0 Å². The minimum Gasteiger partial charge on any atom is -0.258 e. The van der Waals surface area contributed by atoms with E-state index in [1.165, 1.54) is 12.1 Å². The van der Waals surface area contributed by atoms with E-state index in [2.05, 4.69) is 16.3 Å². The van der Waals surface area contributed by atoms with E-state index in [0.29, 0.717) is 17.7 Å². The second-order valence-corrected chi connectivity index (χ2v) is 4.67. The molecule has 0 fully saturated rings. The zero-order valence-corrected chi connectivity index (χ0v) is 12.0. The van der Waals surface area contributed by atoms with Crippen molar-refractivity contribution in [3.8, 4) is 6.07 Å². The third-order valence-corrected chi connectivity index (χ3v) is 3.34. The molecule has 0 saturated carbocycles. The maximum Gasteiger partial charge on any atom is 0.269 e. The highest BCUT2D eigenvalue weighted by Crippen LogP contribution is 2.32. The summed E-state index contributed by atoms with van der Waals surface area (Å²) in [5, 5.41) is 28.6. The quantitative estimate of drug-likeness (QED) is 0.461. The van der Waals surface area contributed by atoms with Gasteiger partial charge < -0.3 is 0 Å². The van der Waals surface area contributed by atoms with Gasteiger partial charge in [0.15, 0.2) is 5.54 Å². The number of benzene rings is 2. The van der Waals surface area contributed by atoms with Gasteiger partial charge in [0.2, 0.25) is 0 Å². The second-order valence-electron chi connectivity index (χ2n) is 4.67. The molecule has 0 aliphatic heterocycles. The van der Waals surface area contributed by atoms with Gasteiger partial charge in [-0.3, -0.25) is 10.1 Å². The number of hydrogen-bond acceptors (Lipinski definition) is 5. The van der Waals surface area contributed by atoms with Gasteiger partial charge in [-0.15, -0.1) is 0 Å². The van der Waals surface area contributed by atoms with E-state index in [0.717, 1.165) is 0 Å². The molecule has 2 aromatic carbocycles. The Kier molecular flexibility index (Phi) is 4.59. The Morgan fingerprint density at radius 2 is 1.82 bits per heavy atom. The molecule has 0 radical (unpaired) electrons. The zero-order valence-electron chi connectivity index (χ0n) is 12.0. The molecule has 0 bridgehead atoms. The molecule has 1 atom stereocenters. The zero-order chi connectivity index (χ0) is 16.0. The van der Waals surface area contributed by atoms with Crippen LogP contribution in [0.3, 0.4) is 0 Å². The van der Waals surface area contributed by atoms with Gasteiger partial charge in [-0.25, -0.2) is 0 Å². The number of nitriles is 1. The van der Waals surface area contributed by atoms with Crippen molar-refractivity contribution in [2.75, 3.05) is 0 Å². The van der Waals surface area contributed by atoms with Crippen molar-refractivity contribution >= 4 is 11.4 Å². The number of non-ortho nitro benzene ring substituents is 1. The normalized spacial score (nSPS) is 13.5. The largest absolute Gasteiger partial charge is 0.269 e. The summed E-state index contributed by atoms with van der Waals surface area (Å²) in [6.45, 7) is 1.83. The van der Waals surface area contributed by atoms with Gasteiger partial charge in [-0.05, 0) is 36.2 Å². The molecule has 0 amide bonds. The van der Waals surface area contributed by atoms with Crippen LogP contribution in [0.2, 0.25) is 0 Å². The monoisotopic (exact) mass is 294 g/mol. The molecule has 1 unspecified atom stereocenters. The Labute approximate surface area is 127 Å². The molecule has 6 nitrogen and oxygen atoms in total. The smallest absolute Gasteiger partial charge is 0.258 e. The average Bonchev–Trinajstić information content (AvgIpc) is 2.57. The first-order valence-electron chi connectivity index (χ1n) is 6.75. The van der Waals surface area contributed by atoms with E-state index < -0.39 is 10.5 Å². The molecular weight excluding hydrogens is 280 g/mol. The number of azo groups is 1. The van der Waals surface area contributed by atoms with Crippen LogP contribution in [0.5, 0.6) is 0 Å². The summed E-state index contributed by atoms with van der Waals surface area (Å²) in [6, 6.07) is 17.1. The number of nitro groups is 1. The molecule has 0 heterocycles. The van der Waals surface area contributed by atoms with Crippen LogP contribution in [0.1, 0.15) is 18.9 Å². The molecule has 0 aromatic heterocycles. The number of rotatable bonds is 5. The van der Waals surface area contributed by atoms with E-state index >= 15 is 0 Å². The van der Waals surface area contributed by atoms with Gasteiger partial charge in [0.25, 0.3) is 5.69 Å². The van der Waals surface area contributed by atoms with Crippen LogP contribution in [-0.2, 0) is 5.54 Å². The van der Waals surface area contributed by atoms with Crippen LogP contribution in [-0.4, -0.2) is 4.92 Å². The molecule has 6 heteroatoms. The lowest BCUT2D eigenvalue weighted by atomic mass is 9.89. The van der Waals surface area contributed by atoms with Crippen molar-refractivity contribution in [2.24, 2.45) is 10.2 Å². The third kappa shape index (κ3) is 3.15. The van der Waals surface area contributed by atoms with Gasteiger partial charge in [0, 0.05) is 12.1 Å². The third-order valence-electron chi connectivity index (χ3n) is 3.34. The number of hydrogen-bond donors (Lipinski definition) is 0. The summed E-state index contributed by atoms with van der Waals surface area (Å²) in [5.41, 5.74) is 0.0669. The van der Waals surface area contributed by atoms with Crippen LogP contribution >= 0.6 is 0 Å². The first-order chi connectivity index (χ1) is 10.6. The van der Waals surface area contributed by atoms with Gasteiger partial charge >= 0.3 is 0 Å². The lowest BCUT2D eigenvalue weighted by molar-refractivity contribution is -0.384. The Morgan fingerprint density at radius 3 is 2.32 bits per heavy atom. The Bertz CT molecular complexity index is 720. The predicted molar refractivity (Wildman–Crippen MR) is 81.6 cm³/mol. The lowest BCUT2D eigenvalue weighted by Gasteiger charge is -2.19.